The van der Waals surface area contributed by atoms with Crippen LogP contribution in [-0.2, 0) is 0 Å². The molecule has 0 saturated heterocycles. The van der Waals surface area contributed by atoms with Crippen molar-refractivity contribution in [2.75, 3.05) is 0 Å². The maximum Gasteiger partial charge on any atom is 0.181 e. The predicted molar refractivity (Wildman–Crippen MR) is 60.7 cm³/mol. The van der Waals surface area contributed by atoms with Crippen LogP contribution in [0, 0.1) is 16.1 Å². The highest BCUT2D eigenvalue weighted by Crippen LogP contribution is 2.21. The fourth-order valence-electron chi connectivity index (χ4n) is 1.28. The van der Waals surface area contributed by atoms with Crippen LogP contribution in [-0.4, -0.2) is 9.55 Å². The average Bonchev–Trinajstić information content (AvgIpc) is 2.64. The van der Waals surface area contributed by atoms with Gasteiger partial charge in [-0.25, -0.2) is 0 Å². The Morgan fingerprint density at radius 2 is 2.27 bits per heavy atom. The summed E-state index contributed by atoms with van der Waals surface area (Å²) in [4.78, 5) is 2.88. The van der Waals surface area contributed by atoms with Crippen molar-refractivity contribution < 1.29 is 0 Å². The van der Waals surface area contributed by atoms with Gasteiger partial charge in [0.1, 0.15) is 0 Å². The second-order valence-corrected chi connectivity index (χ2v) is 3.71. The third-order valence-electron chi connectivity index (χ3n) is 1.99. The number of H-pyrrole nitrogens is 1. The van der Waals surface area contributed by atoms with Crippen LogP contribution in [0.2, 0.25) is 5.02 Å². The first-order valence-electron chi connectivity index (χ1n) is 4.18. The highest BCUT2D eigenvalue weighted by molar-refractivity contribution is 7.71. The van der Waals surface area contributed by atoms with E-state index in [9.17, 15) is 0 Å². The van der Waals surface area contributed by atoms with Crippen molar-refractivity contribution in [1.82, 2.24) is 9.55 Å². The summed E-state index contributed by atoms with van der Waals surface area (Å²) in [6.45, 7) is 0. The zero-order valence-electron chi connectivity index (χ0n) is 7.57. The molecule has 2 aromatic rings. The van der Waals surface area contributed by atoms with Gasteiger partial charge < -0.3 is 4.98 Å². The van der Waals surface area contributed by atoms with Gasteiger partial charge in [0.2, 0.25) is 0 Å². The quantitative estimate of drug-likeness (QED) is 0.772. The first-order valence-corrected chi connectivity index (χ1v) is 4.97. The summed E-state index contributed by atoms with van der Waals surface area (Å²) in [6.07, 6.45) is 3.52. The Kier molecular flexibility index (Phi) is 2.58. The van der Waals surface area contributed by atoms with Crippen LogP contribution in [0.25, 0.3) is 5.69 Å². The van der Waals surface area contributed by atoms with Crippen LogP contribution in [0.4, 0.5) is 0 Å². The van der Waals surface area contributed by atoms with Crippen molar-refractivity contribution in [3.05, 3.63) is 45.9 Å². The third kappa shape index (κ3) is 1.80. The number of nitrogens with one attached hydrogen (secondary N) is 1. The van der Waals surface area contributed by atoms with Gasteiger partial charge in [-0.3, -0.25) is 4.57 Å². The maximum absolute atomic E-state index is 8.70. The number of nitriles is 1. The average molecular weight is 236 g/mol. The Bertz CT molecular complexity index is 591. The van der Waals surface area contributed by atoms with Crippen molar-refractivity contribution >= 4 is 23.8 Å². The number of imidazole rings is 1. The fraction of sp³-hybridized carbons (Fsp3) is 0. The van der Waals surface area contributed by atoms with E-state index in [1.54, 1.807) is 35.2 Å². The molecule has 1 aromatic carbocycles. The molecule has 0 saturated carbocycles. The minimum Gasteiger partial charge on any atom is -0.337 e. The molecule has 0 aliphatic carbocycles. The number of halogens is 1. The van der Waals surface area contributed by atoms with Crippen molar-refractivity contribution in [3.63, 3.8) is 0 Å². The minimum absolute atomic E-state index is 0.504. The largest absolute Gasteiger partial charge is 0.337 e. The molecule has 1 N–H and O–H groups in total. The Labute approximate surface area is 96.5 Å². The molecule has 0 bridgehead atoms. The molecule has 1 heterocycles. The molecular weight excluding hydrogens is 230 g/mol. The van der Waals surface area contributed by atoms with E-state index >= 15 is 0 Å². The number of hydrogen-bond donors (Lipinski definition) is 1. The molecular formula is C10H6ClN3S. The van der Waals surface area contributed by atoms with Gasteiger partial charge in [-0.2, -0.15) is 5.26 Å². The van der Waals surface area contributed by atoms with E-state index in [0.717, 1.165) is 5.69 Å². The van der Waals surface area contributed by atoms with E-state index in [4.69, 9.17) is 29.1 Å². The zero-order chi connectivity index (χ0) is 10.8. The van der Waals surface area contributed by atoms with Gasteiger partial charge in [0.15, 0.2) is 4.77 Å². The Hall–Kier alpha value is -1.57. The third-order valence-corrected chi connectivity index (χ3v) is 2.60. The standard InChI is InChI=1S/C10H6ClN3S/c11-8-5-7(6-12)1-2-9(8)14-4-3-13-10(14)15/h1-5H,(H,13,15). The predicted octanol–water partition coefficient (Wildman–Crippen LogP) is 3.06. The number of aromatic amines is 1. The summed E-state index contributed by atoms with van der Waals surface area (Å²) < 4.78 is 2.32. The lowest BCUT2D eigenvalue weighted by atomic mass is 10.2. The molecule has 3 nitrogen and oxygen atoms in total. The molecule has 0 aliphatic rings. The number of nitrogens with zero attached hydrogens (tertiary/aromatic N) is 2. The summed E-state index contributed by atoms with van der Waals surface area (Å²) in [7, 11) is 0. The topological polar surface area (TPSA) is 44.5 Å². The van der Waals surface area contributed by atoms with Crippen molar-refractivity contribution in [1.29, 1.82) is 5.26 Å². The van der Waals surface area contributed by atoms with Crippen LogP contribution in [0.1, 0.15) is 5.56 Å². The molecule has 0 aliphatic heterocycles. The van der Waals surface area contributed by atoms with Gasteiger partial charge >= 0.3 is 0 Å². The van der Waals surface area contributed by atoms with Gasteiger partial charge in [-0.15, -0.1) is 0 Å². The van der Waals surface area contributed by atoms with Gasteiger partial charge in [0, 0.05) is 12.4 Å². The van der Waals surface area contributed by atoms with E-state index in [2.05, 4.69) is 4.98 Å². The first kappa shape index (κ1) is 9.97. The molecule has 0 spiro atoms. The Morgan fingerprint density at radius 1 is 1.47 bits per heavy atom. The molecule has 2 rings (SSSR count). The van der Waals surface area contributed by atoms with Crippen LogP contribution in [0.3, 0.4) is 0 Å². The summed E-state index contributed by atoms with van der Waals surface area (Å²) in [5, 5.41) is 9.20. The molecule has 15 heavy (non-hydrogen) atoms. The fourth-order valence-corrected chi connectivity index (χ4v) is 1.78. The number of aromatic nitrogens is 2. The first-order chi connectivity index (χ1) is 7.22. The SMILES string of the molecule is N#Cc1ccc(-n2cc[nH]c2=S)c(Cl)c1. The molecule has 1 aromatic heterocycles. The maximum atomic E-state index is 8.70. The lowest BCUT2D eigenvalue weighted by Gasteiger charge is -2.04. The van der Waals surface area contributed by atoms with Gasteiger partial charge in [-0.1, -0.05) is 11.6 Å². The number of rotatable bonds is 1. The van der Waals surface area contributed by atoms with Crippen molar-refractivity contribution in [2.45, 2.75) is 0 Å². The number of benzene rings is 1. The second-order valence-electron chi connectivity index (χ2n) is 2.91. The van der Waals surface area contributed by atoms with E-state index in [0.29, 0.717) is 15.4 Å². The normalized spacial score (nSPS) is 9.87. The van der Waals surface area contributed by atoms with Gasteiger partial charge in [0.25, 0.3) is 0 Å². The monoisotopic (exact) mass is 235 g/mol. The van der Waals surface area contributed by atoms with Crippen LogP contribution < -0.4 is 0 Å². The van der Waals surface area contributed by atoms with Gasteiger partial charge in [-0.05, 0) is 30.4 Å². The summed E-state index contributed by atoms with van der Waals surface area (Å²) in [6, 6.07) is 7.12. The molecule has 0 fully saturated rings. The molecule has 0 amide bonds. The zero-order valence-corrected chi connectivity index (χ0v) is 9.14. The lowest BCUT2D eigenvalue weighted by molar-refractivity contribution is 1.03. The minimum atomic E-state index is 0.504. The second kappa shape index (κ2) is 3.89. The molecule has 5 heteroatoms. The van der Waals surface area contributed by atoms with E-state index in [-0.39, 0.29) is 0 Å². The van der Waals surface area contributed by atoms with Crippen LogP contribution in [0.15, 0.2) is 30.6 Å². The molecule has 0 atom stereocenters. The Balaban J connectivity index is 2.61. The van der Waals surface area contributed by atoms with E-state index in [1.165, 1.54) is 0 Å². The van der Waals surface area contributed by atoms with E-state index < -0.39 is 0 Å². The molecule has 0 radical (unpaired) electrons. The lowest BCUT2D eigenvalue weighted by Crippen LogP contribution is -1.93. The Morgan fingerprint density at radius 3 is 2.80 bits per heavy atom. The van der Waals surface area contributed by atoms with Crippen molar-refractivity contribution in [2.24, 2.45) is 0 Å². The number of hydrogen-bond acceptors (Lipinski definition) is 2. The van der Waals surface area contributed by atoms with Crippen LogP contribution in [0.5, 0.6) is 0 Å². The molecule has 0 unspecified atom stereocenters. The molecule has 74 valence electrons. The summed E-state index contributed by atoms with van der Waals surface area (Å²) in [5.74, 6) is 0. The van der Waals surface area contributed by atoms with Gasteiger partial charge in [0.05, 0.1) is 22.3 Å². The van der Waals surface area contributed by atoms with E-state index in [1.807, 2.05) is 6.07 Å². The van der Waals surface area contributed by atoms with Crippen LogP contribution >= 0.6 is 23.8 Å². The summed E-state index contributed by atoms with van der Waals surface area (Å²) in [5.41, 5.74) is 1.30. The van der Waals surface area contributed by atoms with Crippen molar-refractivity contribution in [3.8, 4) is 11.8 Å². The summed E-state index contributed by atoms with van der Waals surface area (Å²) >= 11 is 11.1. The highest BCUT2D eigenvalue weighted by atomic mass is 35.5. The highest BCUT2D eigenvalue weighted by Gasteiger charge is 2.04. The smallest absolute Gasteiger partial charge is 0.181 e.